The Kier molecular flexibility index (Phi) is 5.11. The van der Waals surface area contributed by atoms with Gasteiger partial charge in [-0.25, -0.2) is 4.79 Å². The third-order valence-corrected chi connectivity index (χ3v) is 3.81. The zero-order chi connectivity index (χ0) is 17.2. The van der Waals surface area contributed by atoms with Crippen molar-refractivity contribution in [2.75, 3.05) is 42.3 Å². The number of hydrogen-bond donors (Lipinski definition) is 3. The Bertz CT molecular complexity index is 581. The van der Waals surface area contributed by atoms with E-state index in [-0.39, 0.29) is 6.09 Å². The van der Waals surface area contributed by atoms with Crippen LogP contribution in [0.3, 0.4) is 0 Å². The number of carbonyl (C=O) groups excluding carboxylic acids is 1. The van der Waals surface area contributed by atoms with Gasteiger partial charge in [0.05, 0.1) is 22.1 Å². The summed E-state index contributed by atoms with van der Waals surface area (Å²) in [6.45, 7) is 7.90. The van der Waals surface area contributed by atoms with Crippen LogP contribution >= 0.6 is 11.6 Å². The molecular formula is C15H23ClN4O3. The summed E-state index contributed by atoms with van der Waals surface area (Å²) in [5, 5.41) is 9.46. The standard InChI is InChI=1S/C15H23ClN4O3/c1-15(2,3)23-14(21)20-6-4-19(5-7-20)13-9-11(17)12(18-22)8-10(13)16/h8-9,18,22H,4-7,17H2,1-3H3. The van der Waals surface area contributed by atoms with E-state index in [0.717, 1.165) is 5.69 Å². The molecule has 8 heteroatoms. The lowest BCUT2D eigenvalue weighted by atomic mass is 10.2. The highest BCUT2D eigenvalue weighted by Gasteiger charge is 2.26. The van der Waals surface area contributed by atoms with Crippen molar-refractivity contribution >= 4 is 34.8 Å². The smallest absolute Gasteiger partial charge is 0.410 e. The summed E-state index contributed by atoms with van der Waals surface area (Å²) in [5.41, 5.74) is 8.93. The third-order valence-electron chi connectivity index (χ3n) is 3.51. The van der Waals surface area contributed by atoms with Crippen LogP contribution in [0.15, 0.2) is 12.1 Å². The molecular weight excluding hydrogens is 320 g/mol. The van der Waals surface area contributed by atoms with Gasteiger partial charge in [0.15, 0.2) is 0 Å². The van der Waals surface area contributed by atoms with Crippen molar-refractivity contribution in [3.8, 4) is 0 Å². The summed E-state index contributed by atoms with van der Waals surface area (Å²) < 4.78 is 5.38. The molecule has 0 unspecified atom stereocenters. The number of anilines is 3. The Balaban J connectivity index is 2.02. The quantitative estimate of drug-likeness (QED) is 0.565. The number of carbonyl (C=O) groups is 1. The molecule has 0 spiro atoms. The molecule has 1 aliphatic rings. The molecule has 0 atom stereocenters. The molecule has 1 aromatic carbocycles. The average molecular weight is 343 g/mol. The van der Waals surface area contributed by atoms with E-state index < -0.39 is 5.60 Å². The van der Waals surface area contributed by atoms with Gasteiger partial charge < -0.3 is 20.3 Å². The van der Waals surface area contributed by atoms with Crippen molar-refractivity contribution in [1.29, 1.82) is 0 Å². The van der Waals surface area contributed by atoms with Crippen LogP contribution in [0.5, 0.6) is 0 Å². The molecule has 128 valence electrons. The Morgan fingerprint density at radius 1 is 1.30 bits per heavy atom. The minimum absolute atomic E-state index is 0.303. The number of rotatable bonds is 2. The first-order valence-electron chi connectivity index (χ1n) is 7.43. The molecule has 7 nitrogen and oxygen atoms in total. The zero-order valence-electron chi connectivity index (χ0n) is 13.6. The second-order valence-corrected chi connectivity index (χ2v) is 6.86. The SMILES string of the molecule is CC(C)(C)OC(=O)N1CCN(c2cc(N)c(NO)cc2Cl)CC1. The minimum Gasteiger partial charge on any atom is -0.444 e. The van der Waals surface area contributed by atoms with Gasteiger partial charge in [0.1, 0.15) is 5.60 Å². The predicted molar refractivity (Wildman–Crippen MR) is 91.3 cm³/mol. The topological polar surface area (TPSA) is 91.1 Å². The maximum Gasteiger partial charge on any atom is 0.410 e. The van der Waals surface area contributed by atoms with Crippen LogP contribution in [0.4, 0.5) is 21.9 Å². The van der Waals surface area contributed by atoms with Crippen molar-refractivity contribution in [3.63, 3.8) is 0 Å². The predicted octanol–water partition coefficient (Wildman–Crippen LogP) is 2.78. The summed E-state index contributed by atoms with van der Waals surface area (Å²) in [6, 6.07) is 3.29. The van der Waals surface area contributed by atoms with Gasteiger partial charge in [-0.2, -0.15) is 0 Å². The van der Waals surface area contributed by atoms with Crippen molar-refractivity contribution < 1.29 is 14.7 Å². The maximum absolute atomic E-state index is 12.1. The molecule has 0 radical (unpaired) electrons. The van der Waals surface area contributed by atoms with Crippen molar-refractivity contribution in [2.24, 2.45) is 0 Å². The lowest BCUT2D eigenvalue weighted by Gasteiger charge is -2.37. The maximum atomic E-state index is 12.1. The molecule has 1 amide bonds. The Morgan fingerprint density at radius 3 is 2.43 bits per heavy atom. The van der Waals surface area contributed by atoms with Gasteiger partial charge in [0.2, 0.25) is 0 Å². The van der Waals surface area contributed by atoms with Crippen LogP contribution in [-0.4, -0.2) is 48.0 Å². The second-order valence-electron chi connectivity index (χ2n) is 6.46. The molecule has 1 aromatic rings. The monoisotopic (exact) mass is 342 g/mol. The van der Waals surface area contributed by atoms with E-state index in [1.165, 1.54) is 0 Å². The third kappa shape index (κ3) is 4.33. The highest BCUT2D eigenvalue weighted by atomic mass is 35.5. The van der Waals surface area contributed by atoms with E-state index in [4.69, 9.17) is 27.3 Å². The molecule has 1 saturated heterocycles. The van der Waals surface area contributed by atoms with Crippen molar-refractivity contribution in [3.05, 3.63) is 17.2 Å². The molecule has 0 aromatic heterocycles. The Hall–Kier alpha value is -1.86. The molecule has 1 heterocycles. The molecule has 0 saturated carbocycles. The number of piperazine rings is 1. The van der Waals surface area contributed by atoms with Crippen molar-refractivity contribution in [2.45, 2.75) is 26.4 Å². The molecule has 1 fully saturated rings. The fourth-order valence-corrected chi connectivity index (χ4v) is 2.66. The fourth-order valence-electron chi connectivity index (χ4n) is 2.37. The average Bonchev–Trinajstić information content (AvgIpc) is 2.47. The number of nitrogen functional groups attached to an aromatic ring is 1. The van der Waals surface area contributed by atoms with Gasteiger partial charge in [-0.3, -0.25) is 10.7 Å². The molecule has 1 aliphatic heterocycles. The van der Waals surface area contributed by atoms with Crippen molar-refractivity contribution in [1.82, 2.24) is 4.90 Å². The van der Waals surface area contributed by atoms with Gasteiger partial charge >= 0.3 is 6.09 Å². The molecule has 2 rings (SSSR count). The first-order valence-corrected chi connectivity index (χ1v) is 7.81. The number of benzene rings is 1. The largest absolute Gasteiger partial charge is 0.444 e. The van der Waals surface area contributed by atoms with Gasteiger partial charge in [-0.05, 0) is 32.9 Å². The summed E-state index contributed by atoms with van der Waals surface area (Å²) in [4.78, 5) is 15.8. The van der Waals surface area contributed by atoms with Crippen LogP contribution < -0.4 is 16.1 Å². The number of hydrogen-bond acceptors (Lipinski definition) is 6. The van der Waals surface area contributed by atoms with E-state index in [2.05, 4.69) is 4.90 Å². The molecule has 0 aliphatic carbocycles. The van der Waals surface area contributed by atoms with Gasteiger partial charge in [-0.15, -0.1) is 0 Å². The number of amides is 1. The Labute approximate surface area is 140 Å². The summed E-state index contributed by atoms with van der Waals surface area (Å²) >= 11 is 6.25. The van der Waals surface area contributed by atoms with Crippen LogP contribution in [-0.2, 0) is 4.74 Å². The van der Waals surface area contributed by atoms with E-state index in [1.54, 1.807) is 17.0 Å². The first kappa shape index (κ1) is 17.5. The van der Waals surface area contributed by atoms with Crippen LogP contribution in [0.1, 0.15) is 20.8 Å². The molecule has 23 heavy (non-hydrogen) atoms. The minimum atomic E-state index is -0.501. The number of nitrogens with zero attached hydrogens (tertiary/aromatic N) is 2. The van der Waals surface area contributed by atoms with Crippen LogP contribution in [0.2, 0.25) is 5.02 Å². The summed E-state index contributed by atoms with van der Waals surface area (Å²) in [7, 11) is 0. The second kappa shape index (κ2) is 6.72. The molecule has 4 N–H and O–H groups in total. The zero-order valence-corrected chi connectivity index (χ0v) is 14.4. The summed E-state index contributed by atoms with van der Waals surface area (Å²) in [5.74, 6) is 0. The number of nitrogens with one attached hydrogen (secondary N) is 1. The number of halogens is 1. The summed E-state index contributed by atoms with van der Waals surface area (Å²) in [6.07, 6.45) is -0.303. The highest BCUT2D eigenvalue weighted by molar-refractivity contribution is 6.33. The number of ether oxygens (including phenoxy) is 1. The van der Waals surface area contributed by atoms with Crippen LogP contribution in [0, 0.1) is 0 Å². The first-order chi connectivity index (χ1) is 10.7. The molecule has 0 bridgehead atoms. The van der Waals surface area contributed by atoms with E-state index in [0.29, 0.717) is 42.6 Å². The van der Waals surface area contributed by atoms with E-state index in [9.17, 15) is 4.79 Å². The number of nitrogens with two attached hydrogens (primary N) is 1. The van der Waals surface area contributed by atoms with Gasteiger partial charge in [-0.1, -0.05) is 11.6 Å². The van der Waals surface area contributed by atoms with E-state index in [1.807, 2.05) is 26.3 Å². The van der Waals surface area contributed by atoms with Gasteiger partial charge in [0.25, 0.3) is 0 Å². The van der Waals surface area contributed by atoms with Crippen LogP contribution in [0.25, 0.3) is 0 Å². The lowest BCUT2D eigenvalue weighted by Crippen LogP contribution is -2.50. The van der Waals surface area contributed by atoms with E-state index >= 15 is 0 Å². The normalized spacial score (nSPS) is 15.5. The van der Waals surface area contributed by atoms with Gasteiger partial charge in [0, 0.05) is 26.2 Å². The highest BCUT2D eigenvalue weighted by Crippen LogP contribution is 2.34. The fraction of sp³-hybridized carbons (Fsp3) is 0.533. The lowest BCUT2D eigenvalue weighted by molar-refractivity contribution is 0.0240. The Morgan fingerprint density at radius 2 is 1.91 bits per heavy atom.